The van der Waals surface area contributed by atoms with Crippen LogP contribution in [0.15, 0.2) is 42.5 Å². The number of morpholine rings is 1. The lowest BCUT2D eigenvalue weighted by atomic mass is 10.1. The average Bonchev–Trinajstić information content (AvgIpc) is 3.54. The third kappa shape index (κ3) is 7.14. The van der Waals surface area contributed by atoms with Gasteiger partial charge in [-0.05, 0) is 37.5 Å². The van der Waals surface area contributed by atoms with E-state index in [0.29, 0.717) is 19.6 Å². The number of amides is 2. The molecule has 2 amide bonds. The number of aryl methyl sites for hydroxylation is 1. The smallest absolute Gasteiger partial charge is 0.242 e. The van der Waals surface area contributed by atoms with Crippen molar-refractivity contribution in [3.05, 3.63) is 57.8 Å². The van der Waals surface area contributed by atoms with Crippen molar-refractivity contribution in [2.24, 2.45) is 5.92 Å². The third-order valence-electron chi connectivity index (χ3n) is 6.84. The summed E-state index contributed by atoms with van der Waals surface area (Å²) in [7, 11) is 0. The van der Waals surface area contributed by atoms with Crippen LogP contribution in [0.2, 0.25) is 0 Å². The Morgan fingerprint density at radius 2 is 1.74 bits per heavy atom. The molecule has 2 aromatic rings. The van der Waals surface area contributed by atoms with Crippen LogP contribution >= 0.6 is 11.3 Å². The van der Waals surface area contributed by atoms with Crippen LogP contribution in [0, 0.1) is 12.8 Å². The molecule has 2 fully saturated rings. The van der Waals surface area contributed by atoms with Crippen LogP contribution in [0.4, 0.5) is 0 Å². The number of nitrogens with zero attached hydrogens (tertiary/aromatic N) is 3. The van der Waals surface area contributed by atoms with E-state index in [9.17, 15) is 9.59 Å². The highest BCUT2D eigenvalue weighted by molar-refractivity contribution is 7.11. The van der Waals surface area contributed by atoms with Crippen LogP contribution in [0.25, 0.3) is 0 Å². The number of ether oxygens (including phenoxy) is 1. The second-order valence-electron chi connectivity index (χ2n) is 9.44. The molecule has 0 bridgehead atoms. The zero-order valence-electron chi connectivity index (χ0n) is 20.3. The fourth-order valence-electron chi connectivity index (χ4n) is 4.84. The van der Waals surface area contributed by atoms with Crippen molar-refractivity contribution in [1.29, 1.82) is 0 Å². The molecule has 1 aliphatic heterocycles. The maximum absolute atomic E-state index is 13.6. The second kappa shape index (κ2) is 12.5. The van der Waals surface area contributed by atoms with Gasteiger partial charge in [0.1, 0.15) is 0 Å². The number of hydrogen-bond acceptors (Lipinski definition) is 5. The predicted molar refractivity (Wildman–Crippen MR) is 136 cm³/mol. The highest BCUT2D eigenvalue weighted by Crippen LogP contribution is 2.27. The number of rotatable bonds is 10. The van der Waals surface area contributed by atoms with Gasteiger partial charge in [0.05, 0.1) is 26.3 Å². The molecule has 0 N–H and O–H groups in total. The lowest BCUT2D eigenvalue weighted by Gasteiger charge is -2.32. The largest absolute Gasteiger partial charge is 0.379 e. The first-order valence-electron chi connectivity index (χ1n) is 12.5. The summed E-state index contributed by atoms with van der Waals surface area (Å²) in [6, 6.07) is 14.3. The second-order valence-corrected chi connectivity index (χ2v) is 10.8. The van der Waals surface area contributed by atoms with Crippen molar-refractivity contribution in [2.45, 2.75) is 45.7 Å². The summed E-state index contributed by atoms with van der Waals surface area (Å²) in [5, 5.41) is 0. The first-order chi connectivity index (χ1) is 16.6. The molecule has 1 aliphatic carbocycles. The monoisotopic (exact) mass is 483 g/mol. The Morgan fingerprint density at radius 1 is 1.00 bits per heavy atom. The molecule has 1 saturated heterocycles. The van der Waals surface area contributed by atoms with E-state index < -0.39 is 0 Å². The van der Waals surface area contributed by atoms with Crippen LogP contribution in [0.3, 0.4) is 0 Å². The zero-order chi connectivity index (χ0) is 23.8. The molecule has 0 radical (unpaired) electrons. The molecule has 4 rings (SSSR count). The minimum Gasteiger partial charge on any atom is -0.379 e. The molecule has 1 aromatic heterocycles. The SMILES string of the molecule is Cc1ccc(CN(Cc2ccccc2)C(=O)CN(CCN2CCOCC2)C(=O)C2CCCC2)s1. The summed E-state index contributed by atoms with van der Waals surface area (Å²) in [5.41, 5.74) is 1.10. The fraction of sp³-hybridized carbons (Fsp3) is 0.556. The summed E-state index contributed by atoms with van der Waals surface area (Å²) in [4.78, 5) is 35.5. The van der Waals surface area contributed by atoms with E-state index in [2.05, 4.69) is 36.1 Å². The predicted octanol–water partition coefficient (Wildman–Crippen LogP) is 3.94. The summed E-state index contributed by atoms with van der Waals surface area (Å²) in [6.07, 6.45) is 4.12. The van der Waals surface area contributed by atoms with Crippen LogP contribution < -0.4 is 0 Å². The van der Waals surface area contributed by atoms with Crippen molar-refractivity contribution in [3.8, 4) is 0 Å². The van der Waals surface area contributed by atoms with Crippen LogP contribution in [0.1, 0.15) is 41.0 Å². The molecule has 184 valence electrons. The van der Waals surface area contributed by atoms with E-state index in [1.54, 1.807) is 11.3 Å². The highest BCUT2D eigenvalue weighted by atomic mass is 32.1. The van der Waals surface area contributed by atoms with E-state index in [-0.39, 0.29) is 24.3 Å². The summed E-state index contributed by atoms with van der Waals surface area (Å²) < 4.78 is 5.46. The Bertz CT molecular complexity index is 920. The fourth-order valence-corrected chi connectivity index (χ4v) is 5.75. The first-order valence-corrected chi connectivity index (χ1v) is 13.4. The van der Waals surface area contributed by atoms with Gasteiger partial charge in [-0.3, -0.25) is 14.5 Å². The molecule has 0 spiro atoms. The van der Waals surface area contributed by atoms with Crippen molar-refractivity contribution in [1.82, 2.24) is 14.7 Å². The van der Waals surface area contributed by atoms with Gasteiger partial charge in [0, 0.05) is 48.4 Å². The van der Waals surface area contributed by atoms with Gasteiger partial charge in [-0.25, -0.2) is 0 Å². The standard InChI is InChI=1S/C27H37N3O3S/c1-22-11-12-25(34-22)20-30(19-23-7-3-2-4-8-23)26(31)21-29(27(32)24-9-5-6-10-24)14-13-28-15-17-33-18-16-28/h2-4,7-8,11-12,24H,5-6,9-10,13-21H2,1H3. The molecule has 2 aliphatic rings. The number of thiophene rings is 1. The minimum atomic E-state index is 0.0169. The van der Waals surface area contributed by atoms with Gasteiger partial charge in [-0.15, -0.1) is 11.3 Å². The van der Waals surface area contributed by atoms with Gasteiger partial charge >= 0.3 is 0 Å². The van der Waals surface area contributed by atoms with Gasteiger partial charge in [-0.1, -0.05) is 43.2 Å². The Hall–Kier alpha value is -2.22. The number of hydrogen-bond donors (Lipinski definition) is 0. The molecule has 2 heterocycles. The lowest BCUT2D eigenvalue weighted by Crippen LogP contribution is -2.48. The molecule has 0 atom stereocenters. The molecular formula is C27H37N3O3S. The Balaban J connectivity index is 1.46. The molecule has 7 heteroatoms. The summed E-state index contributed by atoms with van der Waals surface area (Å²) in [5.74, 6) is 0.244. The molecule has 6 nitrogen and oxygen atoms in total. The summed E-state index contributed by atoms with van der Waals surface area (Å²) >= 11 is 1.73. The maximum atomic E-state index is 13.6. The molecule has 0 unspecified atom stereocenters. The van der Waals surface area contributed by atoms with E-state index in [1.165, 1.54) is 9.75 Å². The quantitative estimate of drug-likeness (QED) is 0.514. The number of benzene rings is 1. The van der Waals surface area contributed by atoms with Gasteiger partial charge < -0.3 is 14.5 Å². The van der Waals surface area contributed by atoms with Crippen LogP contribution in [-0.2, 0) is 27.4 Å². The van der Waals surface area contributed by atoms with Crippen molar-refractivity contribution < 1.29 is 14.3 Å². The first kappa shape index (κ1) is 24.9. The van der Waals surface area contributed by atoms with Crippen molar-refractivity contribution in [2.75, 3.05) is 45.9 Å². The number of carbonyl (C=O) groups is 2. The Morgan fingerprint density at radius 3 is 2.41 bits per heavy atom. The molecular weight excluding hydrogens is 446 g/mol. The average molecular weight is 484 g/mol. The third-order valence-corrected chi connectivity index (χ3v) is 7.83. The number of carbonyl (C=O) groups excluding carboxylic acids is 2. The van der Waals surface area contributed by atoms with Crippen molar-refractivity contribution in [3.63, 3.8) is 0 Å². The van der Waals surface area contributed by atoms with E-state index in [1.807, 2.05) is 28.0 Å². The highest BCUT2D eigenvalue weighted by Gasteiger charge is 2.30. The Kier molecular flexibility index (Phi) is 9.13. The minimum absolute atomic E-state index is 0.0169. The van der Waals surface area contributed by atoms with Crippen molar-refractivity contribution >= 4 is 23.2 Å². The molecule has 34 heavy (non-hydrogen) atoms. The topological polar surface area (TPSA) is 53.1 Å². The molecule has 1 aromatic carbocycles. The van der Waals surface area contributed by atoms with E-state index in [0.717, 1.165) is 64.1 Å². The summed E-state index contributed by atoms with van der Waals surface area (Å²) in [6.45, 7) is 7.99. The maximum Gasteiger partial charge on any atom is 0.242 e. The Labute approximate surface area is 207 Å². The zero-order valence-corrected chi connectivity index (χ0v) is 21.1. The van der Waals surface area contributed by atoms with Crippen LogP contribution in [-0.4, -0.2) is 72.5 Å². The van der Waals surface area contributed by atoms with E-state index in [4.69, 9.17) is 4.74 Å². The van der Waals surface area contributed by atoms with Gasteiger partial charge in [-0.2, -0.15) is 0 Å². The van der Waals surface area contributed by atoms with Crippen LogP contribution in [0.5, 0.6) is 0 Å². The van der Waals surface area contributed by atoms with Gasteiger partial charge in [0.15, 0.2) is 0 Å². The lowest BCUT2D eigenvalue weighted by molar-refractivity contribution is -0.143. The van der Waals surface area contributed by atoms with E-state index >= 15 is 0 Å². The molecule has 1 saturated carbocycles. The van der Waals surface area contributed by atoms with Gasteiger partial charge in [0.2, 0.25) is 11.8 Å². The normalized spacial score (nSPS) is 17.1. The van der Waals surface area contributed by atoms with Gasteiger partial charge in [0.25, 0.3) is 0 Å².